The minimum Gasteiger partial charge on any atom is -0.351 e. The summed E-state index contributed by atoms with van der Waals surface area (Å²) in [7, 11) is 0. The molecule has 1 saturated carbocycles. The van der Waals surface area contributed by atoms with Crippen LogP contribution in [-0.4, -0.2) is 33.4 Å². The standard InChI is InChI=1S/C25H24F2N4O2S/c1-15-22-23(24(33)28-17-7-5-6-8-17)30(20-12-11-16(26)13-19(20)27)21(32)14-34-25(22)31(29-15)18-9-3-2-4-10-18/h2-4,9-13,17,23H,5-8,14H2,1H3,(H,28,33)/t23-/m0/s1. The van der Waals surface area contributed by atoms with Gasteiger partial charge in [-0.25, -0.2) is 13.5 Å². The van der Waals surface area contributed by atoms with Gasteiger partial charge in [-0.2, -0.15) is 5.10 Å². The van der Waals surface area contributed by atoms with Crippen molar-refractivity contribution in [1.82, 2.24) is 15.1 Å². The van der Waals surface area contributed by atoms with E-state index in [2.05, 4.69) is 10.4 Å². The summed E-state index contributed by atoms with van der Waals surface area (Å²) in [6.07, 6.45) is 3.77. The summed E-state index contributed by atoms with van der Waals surface area (Å²) in [5.41, 5.74) is 1.79. The van der Waals surface area contributed by atoms with E-state index in [1.54, 1.807) is 11.6 Å². The fourth-order valence-electron chi connectivity index (χ4n) is 4.74. The van der Waals surface area contributed by atoms with Gasteiger partial charge in [-0.3, -0.25) is 14.5 Å². The number of carbonyl (C=O) groups is 2. The summed E-state index contributed by atoms with van der Waals surface area (Å²) in [6.45, 7) is 1.78. The van der Waals surface area contributed by atoms with Crippen LogP contribution in [0.25, 0.3) is 5.69 Å². The van der Waals surface area contributed by atoms with Gasteiger partial charge in [0.25, 0.3) is 0 Å². The van der Waals surface area contributed by atoms with E-state index in [0.29, 0.717) is 16.3 Å². The second kappa shape index (κ2) is 9.21. The van der Waals surface area contributed by atoms with Crippen LogP contribution < -0.4 is 10.2 Å². The molecule has 0 saturated heterocycles. The lowest BCUT2D eigenvalue weighted by Gasteiger charge is -2.31. The van der Waals surface area contributed by atoms with E-state index >= 15 is 0 Å². The first-order valence-corrected chi connectivity index (χ1v) is 12.3. The molecule has 0 radical (unpaired) electrons. The Hall–Kier alpha value is -3.20. The maximum Gasteiger partial charge on any atom is 0.248 e. The van der Waals surface area contributed by atoms with Crippen LogP contribution in [0.2, 0.25) is 0 Å². The molecule has 2 heterocycles. The zero-order valence-electron chi connectivity index (χ0n) is 18.6. The highest BCUT2D eigenvalue weighted by Crippen LogP contribution is 2.41. The first kappa shape index (κ1) is 22.6. The van der Waals surface area contributed by atoms with Crippen molar-refractivity contribution in [2.75, 3.05) is 10.7 Å². The van der Waals surface area contributed by atoms with Crippen LogP contribution in [0, 0.1) is 18.6 Å². The van der Waals surface area contributed by atoms with E-state index in [1.807, 2.05) is 30.3 Å². The number of thioether (sulfide) groups is 1. The van der Waals surface area contributed by atoms with E-state index < -0.39 is 23.6 Å². The van der Waals surface area contributed by atoms with Gasteiger partial charge in [-0.15, -0.1) is 0 Å². The van der Waals surface area contributed by atoms with E-state index in [9.17, 15) is 18.4 Å². The number of anilines is 1. The molecule has 2 amide bonds. The molecule has 1 aromatic heterocycles. The normalized spacial score (nSPS) is 18.6. The van der Waals surface area contributed by atoms with Crippen LogP contribution in [-0.2, 0) is 9.59 Å². The molecule has 176 valence electrons. The smallest absolute Gasteiger partial charge is 0.248 e. The minimum atomic E-state index is -1.13. The quantitative estimate of drug-likeness (QED) is 0.586. The Bertz CT molecular complexity index is 1240. The van der Waals surface area contributed by atoms with Crippen molar-refractivity contribution in [3.63, 3.8) is 0 Å². The predicted molar refractivity (Wildman–Crippen MR) is 126 cm³/mol. The van der Waals surface area contributed by atoms with Gasteiger partial charge >= 0.3 is 0 Å². The molecule has 6 nitrogen and oxygen atoms in total. The average Bonchev–Trinajstić information content (AvgIpc) is 3.41. The number of hydrogen-bond donors (Lipinski definition) is 1. The summed E-state index contributed by atoms with van der Waals surface area (Å²) >= 11 is 1.26. The fraction of sp³-hybridized carbons (Fsp3) is 0.320. The molecule has 1 aliphatic heterocycles. The molecule has 0 bridgehead atoms. The highest BCUT2D eigenvalue weighted by molar-refractivity contribution is 8.00. The van der Waals surface area contributed by atoms with Crippen molar-refractivity contribution in [2.45, 2.75) is 49.7 Å². The number of rotatable bonds is 4. The van der Waals surface area contributed by atoms with Crippen LogP contribution in [0.15, 0.2) is 53.6 Å². The third-order valence-corrected chi connectivity index (χ3v) is 7.37. The number of benzene rings is 2. The lowest BCUT2D eigenvalue weighted by Crippen LogP contribution is -2.46. The molecule has 1 atom stereocenters. The Morgan fingerprint density at radius 2 is 1.85 bits per heavy atom. The van der Waals surface area contributed by atoms with Gasteiger partial charge in [0.1, 0.15) is 22.7 Å². The van der Waals surface area contributed by atoms with E-state index in [4.69, 9.17) is 0 Å². The number of aromatic nitrogens is 2. The third-order valence-electron chi connectivity index (χ3n) is 6.32. The summed E-state index contributed by atoms with van der Waals surface area (Å²) in [4.78, 5) is 28.3. The largest absolute Gasteiger partial charge is 0.351 e. The van der Waals surface area contributed by atoms with Crippen molar-refractivity contribution in [2.24, 2.45) is 0 Å². The Labute approximate surface area is 200 Å². The van der Waals surface area contributed by atoms with Crippen molar-refractivity contribution < 1.29 is 18.4 Å². The molecule has 1 N–H and O–H groups in total. The number of nitrogens with zero attached hydrogens (tertiary/aromatic N) is 3. The molecule has 0 unspecified atom stereocenters. The van der Waals surface area contributed by atoms with Gasteiger partial charge in [0.15, 0.2) is 0 Å². The second-order valence-corrected chi connectivity index (χ2v) is 9.56. The van der Waals surface area contributed by atoms with Gasteiger partial charge in [-0.05, 0) is 44.0 Å². The number of fused-ring (bicyclic) bond motifs is 1. The number of halogens is 2. The fourth-order valence-corrected chi connectivity index (χ4v) is 5.82. The number of para-hydroxylation sites is 1. The van der Waals surface area contributed by atoms with E-state index in [-0.39, 0.29) is 23.4 Å². The lowest BCUT2D eigenvalue weighted by molar-refractivity contribution is -0.126. The molecule has 1 fully saturated rings. The zero-order valence-corrected chi connectivity index (χ0v) is 19.4. The zero-order chi connectivity index (χ0) is 23.8. The Morgan fingerprint density at radius 3 is 2.56 bits per heavy atom. The number of nitrogens with one attached hydrogen (secondary N) is 1. The second-order valence-electron chi connectivity index (χ2n) is 8.59. The summed E-state index contributed by atoms with van der Waals surface area (Å²) in [6, 6.07) is 11.4. The van der Waals surface area contributed by atoms with Crippen LogP contribution in [0.4, 0.5) is 14.5 Å². The maximum absolute atomic E-state index is 14.9. The highest BCUT2D eigenvalue weighted by Gasteiger charge is 2.42. The number of amides is 2. The molecule has 3 aromatic rings. The van der Waals surface area contributed by atoms with Gasteiger partial charge in [0.05, 0.1) is 22.8 Å². The molecular formula is C25H24F2N4O2S. The van der Waals surface area contributed by atoms with Crippen LogP contribution in [0.3, 0.4) is 0 Å². The topological polar surface area (TPSA) is 67.2 Å². The Morgan fingerprint density at radius 1 is 1.12 bits per heavy atom. The first-order valence-electron chi connectivity index (χ1n) is 11.3. The Balaban J connectivity index is 1.67. The molecule has 1 aliphatic carbocycles. The number of aryl methyl sites for hydroxylation is 1. The van der Waals surface area contributed by atoms with Crippen molar-refractivity contribution in [3.8, 4) is 5.69 Å². The van der Waals surface area contributed by atoms with Gasteiger partial charge in [0.2, 0.25) is 11.8 Å². The monoisotopic (exact) mass is 482 g/mol. The summed E-state index contributed by atoms with van der Waals surface area (Å²) in [5.74, 6) is -2.48. The van der Waals surface area contributed by atoms with E-state index in [1.165, 1.54) is 22.7 Å². The van der Waals surface area contributed by atoms with E-state index in [0.717, 1.165) is 43.5 Å². The molecule has 0 spiro atoms. The molecule has 2 aliphatic rings. The molecular weight excluding hydrogens is 458 g/mol. The first-order chi connectivity index (χ1) is 16.4. The minimum absolute atomic E-state index is 0.00588. The lowest BCUT2D eigenvalue weighted by atomic mass is 10.0. The summed E-state index contributed by atoms with van der Waals surface area (Å²) in [5, 5.41) is 8.41. The molecule has 2 aromatic carbocycles. The van der Waals surface area contributed by atoms with Crippen molar-refractivity contribution in [3.05, 3.63) is 71.4 Å². The Kier molecular flexibility index (Phi) is 6.12. The van der Waals surface area contributed by atoms with Gasteiger partial charge < -0.3 is 5.32 Å². The van der Waals surface area contributed by atoms with Crippen molar-refractivity contribution in [1.29, 1.82) is 0 Å². The molecule has 5 rings (SSSR count). The average molecular weight is 483 g/mol. The van der Waals surface area contributed by atoms with Crippen LogP contribution >= 0.6 is 11.8 Å². The van der Waals surface area contributed by atoms with Gasteiger partial charge in [-0.1, -0.05) is 42.8 Å². The van der Waals surface area contributed by atoms with Crippen LogP contribution in [0.5, 0.6) is 0 Å². The number of carbonyl (C=O) groups excluding carboxylic acids is 2. The predicted octanol–water partition coefficient (Wildman–Crippen LogP) is 4.70. The van der Waals surface area contributed by atoms with Crippen molar-refractivity contribution >= 4 is 29.3 Å². The molecule has 9 heteroatoms. The van der Waals surface area contributed by atoms with Crippen LogP contribution in [0.1, 0.15) is 43.0 Å². The molecule has 34 heavy (non-hydrogen) atoms. The summed E-state index contributed by atoms with van der Waals surface area (Å²) < 4.78 is 30.3. The highest BCUT2D eigenvalue weighted by atomic mass is 32.2. The SMILES string of the molecule is Cc1nn(-c2ccccc2)c2c1[C@@H](C(=O)NC1CCCC1)N(c1ccc(F)cc1F)C(=O)CS2. The van der Waals surface area contributed by atoms with Gasteiger partial charge in [0, 0.05) is 17.7 Å². The maximum atomic E-state index is 14.9. The number of hydrogen-bond acceptors (Lipinski definition) is 4. The third kappa shape index (κ3) is 4.09.